The summed E-state index contributed by atoms with van der Waals surface area (Å²) in [6.07, 6.45) is 3.69. The van der Waals surface area contributed by atoms with Crippen LogP contribution in [0.5, 0.6) is 0 Å². The van der Waals surface area contributed by atoms with Gasteiger partial charge in [-0.25, -0.2) is 0 Å². The van der Waals surface area contributed by atoms with Crippen molar-refractivity contribution in [2.75, 3.05) is 6.61 Å². The average Bonchev–Trinajstić information content (AvgIpc) is 2.99. The summed E-state index contributed by atoms with van der Waals surface area (Å²) in [6.45, 7) is 2.80. The summed E-state index contributed by atoms with van der Waals surface area (Å²) in [4.78, 5) is 12.2. The van der Waals surface area contributed by atoms with Gasteiger partial charge in [0.25, 0.3) is 0 Å². The lowest BCUT2D eigenvalue weighted by Crippen LogP contribution is -2.45. The van der Waals surface area contributed by atoms with Crippen molar-refractivity contribution in [3.63, 3.8) is 0 Å². The van der Waals surface area contributed by atoms with Crippen LogP contribution in [0.2, 0.25) is 0 Å². The largest absolute Gasteiger partial charge is 0.376 e. The van der Waals surface area contributed by atoms with Crippen molar-refractivity contribution in [2.45, 2.75) is 50.8 Å². The highest BCUT2D eigenvalue weighted by Gasteiger charge is 2.29. The highest BCUT2D eigenvalue weighted by molar-refractivity contribution is 5.85. The lowest BCUT2D eigenvalue weighted by atomic mass is 9.98. The number of benzene rings is 1. The van der Waals surface area contributed by atoms with Gasteiger partial charge in [0, 0.05) is 6.61 Å². The zero-order chi connectivity index (χ0) is 14.4. The van der Waals surface area contributed by atoms with Crippen molar-refractivity contribution < 1.29 is 9.53 Å². The first-order valence-corrected chi connectivity index (χ1v) is 7.45. The third kappa shape index (κ3) is 4.99. The minimum absolute atomic E-state index is 0. The molecule has 118 valence electrons. The SMILES string of the molecule is CCCC(N)C(=O)NC(c1ccccc1)C1CCCO1.Cl. The number of amides is 1. The molecule has 2 rings (SSSR count). The van der Waals surface area contributed by atoms with Gasteiger partial charge in [-0.3, -0.25) is 4.79 Å². The topological polar surface area (TPSA) is 64.4 Å². The quantitative estimate of drug-likeness (QED) is 0.848. The lowest BCUT2D eigenvalue weighted by Gasteiger charge is -2.26. The Labute approximate surface area is 132 Å². The third-order valence-electron chi connectivity index (χ3n) is 3.73. The molecule has 0 radical (unpaired) electrons. The predicted octanol–water partition coefficient (Wildman–Crippen LogP) is 2.57. The number of ether oxygens (including phenoxy) is 1. The standard InChI is InChI=1S/C16H24N2O2.ClH/c1-2-7-13(17)16(19)18-15(14-10-6-11-20-14)12-8-4-3-5-9-12;/h3-5,8-9,13-15H,2,6-7,10-11,17H2,1H3,(H,18,19);1H. The van der Waals surface area contributed by atoms with E-state index in [2.05, 4.69) is 5.32 Å². The van der Waals surface area contributed by atoms with Crippen LogP contribution in [0.1, 0.15) is 44.2 Å². The maximum atomic E-state index is 12.2. The molecule has 0 spiro atoms. The minimum Gasteiger partial charge on any atom is -0.376 e. The second-order valence-electron chi connectivity index (χ2n) is 5.34. The van der Waals surface area contributed by atoms with E-state index in [-0.39, 0.29) is 30.5 Å². The molecule has 21 heavy (non-hydrogen) atoms. The van der Waals surface area contributed by atoms with Crippen molar-refractivity contribution in [1.29, 1.82) is 0 Å². The molecular formula is C16H25ClN2O2. The van der Waals surface area contributed by atoms with Crippen LogP contribution in [0.3, 0.4) is 0 Å². The first-order chi connectivity index (χ1) is 9.72. The third-order valence-corrected chi connectivity index (χ3v) is 3.73. The summed E-state index contributed by atoms with van der Waals surface area (Å²) in [7, 11) is 0. The van der Waals surface area contributed by atoms with E-state index in [4.69, 9.17) is 10.5 Å². The summed E-state index contributed by atoms with van der Waals surface area (Å²) in [6, 6.07) is 9.45. The molecule has 1 heterocycles. The van der Waals surface area contributed by atoms with E-state index < -0.39 is 6.04 Å². The minimum atomic E-state index is -0.437. The highest BCUT2D eigenvalue weighted by atomic mass is 35.5. The number of nitrogens with one attached hydrogen (secondary N) is 1. The Hall–Kier alpha value is -1.10. The van der Waals surface area contributed by atoms with E-state index in [1.165, 1.54) is 0 Å². The van der Waals surface area contributed by atoms with Gasteiger partial charge in [-0.05, 0) is 24.8 Å². The molecule has 3 unspecified atom stereocenters. The smallest absolute Gasteiger partial charge is 0.237 e. The van der Waals surface area contributed by atoms with Gasteiger partial charge in [0.05, 0.1) is 18.2 Å². The van der Waals surface area contributed by atoms with Gasteiger partial charge >= 0.3 is 0 Å². The molecule has 0 aliphatic carbocycles. The van der Waals surface area contributed by atoms with E-state index in [9.17, 15) is 4.79 Å². The summed E-state index contributed by atoms with van der Waals surface area (Å²) >= 11 is 0. The maximum absolute atomic E-state index is 12.2. The Morgan fingerprint density at radius 1 is 1.43 bits per heavy atom. The summed E-state index contributed by atoms with van der Waals surface area (Å²) < 4.78 is 5.75. The first kappa shape index (κ1) is 18.0. The predicted molar refractivity (Wildman–Crippen MR) is 86.4 cm³/mol. The second kappa shape index (κ2) is 9.03. The van der Waals surface area contributed by atoms with Crippen molar-refractivity contribution in [1.82, 2.24) is 5.32 Å². The molecule has 1 aromatic rings. The fourth-order valence-corrected chi connectivity index (χ4v) is 2.62. The van der Waals surface area contributed by atoms with Crippen molar-refractivity contribution in [3.05, 3.63) is 35.9 Å². The molecule has 1 fully saturated rings. The molecule has 4 nitrogen and oxygen atoms in total. The zero-order valence-electron chi connectivity index (χ0n) is 12.5. The molecule has 5 heteroatoms. The normalized spacial score (nSPS) is 20.4. The van der Waals surface area contributed by atoms with E-state index in [0.717, 1.165) is 31.4 Å². The summed E-state index contributed by atoms with van der Waals surface area (Å²) in [5.74, 6) is -0.0868. The molecule has 3 atom stereocenters. The zero-order valence-corrected chi connectivity index (χ0v) is 13.3. The summed E-state index contributed by atoms with van der Waals surface area (Å²) in [5.41, 5.74) is 6.98. The Bertz CT molecular complexity index is 422. The van der Waals surface area contributed by atoms with Crippen molar-refractivity contribution in [2.24, 2.45) is 5.73 Å². The summed E-state index contributed by atoms with van der Waals surface area (Å²) in [5, 5.41) is 3.07. The average molecular weight is 313 g/mol. The van der Waals surface area contributed by atoms with E-state index in [1.54, 1.807) is 0 Å². The van der Waals surface area contributed by atoms with Crippen molar-refractivity contribution in [3.8, 4) is 0 Å². The van der Waals surface area contributed by atoms with Gasteiger partial charge < -0.3 is 15.8 Å². The van der Waals surface area contributed by atoms with Crippen LogP contribution >= 0.6 is 12.4 Å². The first-order valence-electron chi connectivity index (χ1n) is 7.45. The molecule has 3 N–H and O–H groups in total. The van der Waals surface area contributed by atoms with E-state index in [0.29, 0.717) is 6.42 Å². The van der Waals surface area contributed by atoms with Crippen LogP contribution < -0.4 is 11.1 Å². The van der Waals surface area contributed by atoms with Crippen LogP contribution in [0.15, 0.2) is 30.3 Å². The fraction of sp³-hybridized carbons (Fsp3) is 0.562. The fourth-order valence-electron chi connectivity index (χ4n) is 2.62. The van der Waals surface area contributed by atoms with Crippen LogP contribution in [-0.2, 0) is 9.53 Å². The molecule has 0 aromatic heterocycles. The number of nitrogens with two attached hydrogens (primary N) is 1. The van der Waals surface area contributed by atoms with E-state index in [1.807, 2.05) is 37.3 Å². The molecule has 1 aliphatic heterocycles. The van der Waals surface area contributed by atoms with Gasteiger partial charge in [-0.2, -0.15) is 0 Å². The molecule has 0 saturated carbocycles. The number of hydrogen-bond acceptors (Lipinski definition) is 3. The van der Waals surface area contributed by atoms with Crippen LogP contribution in [0.25, 0.3) is 0 Å². The molecule has 1 aliphatic rings. The number of carbonyl (C=O) groups is 1. The molecule has 1 amide bonds. The van der Waals surface area contributed by atoms with Gasteiger partial charge in [-0.1, -0.05) is 43.7 Å². The number of carbonyl (C=O) groups excluding carboxylic acids is 1. The van der Waals surface area contributed by atoms with Crippen LogP contribution in [-0.4, -0.2) is 24.7 Å². The lowest BCUT2D eigenvalue weighted by molar-refractivity contribution is -0.124. The Morgan fingerprint density at radius 2 is 2.14 bits per heavy atom. The van der Waals surface area contributed by atoms with Gasteiger partial charge in [0.2, 0.25) is 5.91 Å². The number of rotatable bonds is 6. The Kier molecular flexibility index (Phi) is 7.72. The molecular weight excluding hydrogens is 288 g/mol. The number of halogens is 1. The van der Waals surface area contributed by atoms with Gasteiger partial charge in [0.15, 0.2) is 0 Å². The monoisotopic (exact) mass is 312 g/mol. The van der Waals surface area contributed by atoms with Crippen LogP contribution in [0, 0.1) is 0 Å². The number of hydrogen-bond donors (Lipinski definition) is 2. The highest BCUT2D eigenvalue weighted by Crippen LogP contribution is 2.27. The van der Waals surface area contributed by atoms with Gasteiger partial charge in [-0.15, -0.1) is 12.4 Å². The Balaban J connectivity index is 0.00000220. The molecule has 1 saturated heterocycles. The second-order valence-corrected chi connectivity index (χ2v) is 5.34. The maximum Gasteiger partial charge on any atom is 0.237 e. The molecule has 0 bridgehead atoms. The van der Waals surface area contributed by atoms with Crippen LogP contribution in [0.4, 0.5) is 0 Å². The van der Waals surface area contributed by atoms with Gasteiger partial charge in [0.1, 0.15) is 0 Å². The Morgan fingerprint density at radius 3 is 2.71 bits per heavy atom. The molecule has 1 aromatic carbocycles. The van der Waals surface area contributed by atoms with Crippen molar-refractivity contribution >= 4 is 18.3 Å². The van der Waals surface area contributed by atoms with E-state index >= 15 is 0 Å².